The van der Waals surface area contributed by atoms with Crippen molar-refractivity contribution in [2.24, 2.45) is 5.10 Å². The van der Waals surface area contributed by atoms with Crippen LogP contribution in [-0.4, -0.2) is 24.0 Å². The lowest BCUT2D eigenvalue weighted by molar-refractivity contribution is 0.318. The van der Waals surface area contributed by atoms with Crippen molar-refractivity contribution < 1.29 is 4.74 Å². The molecular weight excluding hydrogens is 258 g/mol. The number of nitrogens with zero attached hydrogens (tertiary/aromatic N) is 1. The molecule has 1 aliphatic rings. The van der Waals surface area contributed by atoms with Gasteiger partial charge in [0, 0.05) is 12.1 Å². The average Bonchev–Trinajstić information content (AvgIpc) is 2.59. The Bertz CT molecular complexity index is 499. The van der Waals surface area contributed by atoms with Crippen molar-refractivity contribution in [2.75, 3.05) is 13.2 Å². The Kier molecular flexibility index (Phi) is 4.74. The fourth-order valence-electron chi connectivity index (χ4n) is 1.99. The highest BCUT2D eigenvalue weighted by Crippen LogP contribution is 2.25. The van der Waals surface area contributed by atoms with Crippen LogP contribution in [0.2, 0.25) is 0 Å². The van der Waals surface area contributed by atoms with Gasteiger partial charge < -0.3 is 10.1 Å². The number of ether oxygens (including phenoxy) is 1. The summed E-state index contributed by atoms with van der Waals surface area (Å²) in [6.45, 7) is 5.58. The van der Waals surface area contributed by atoms with E-state index in [4.69, 9.17) is 17.0 Å². The Balaban J connectivity index is 2.23. The normalized spacial score (nSPS) is 16.2. The summed E-state index contributed by atoms with van der Waals surface area (Å²) in [6.07, 6.45) is 1.85. The largest absolute Gasteiger partial charge is 0.493 e. The SMILES string of the molecule is CCNC(=S)NN=C1CCCOc2ccc(C)cc21. The van der Waals surface area contributed by atoms with Gasteiger partial charge in [0.2, 0.25) is 0 Å². The molecule has 4 nitrogen and oxygen atoms in total. The maximum absolute atomic E-state index is 5.73. The van der Waals surface area contributed by atoms with Crippen LogP contribution in [0.3, 0.4) is 0 Å². The number of nitrogens with one attached hydrogen (secondary N) is 2. The fourth-order valence-corrected chi connectivity index (χ4v) is 2.18. The first-order valence-corrected chi connectivity index (χ1v) is 6.95. The minimum absolute atomic E-state index is 0.550. The van der Waals surface area contributed by atoms with Gasteiger partial charge >= 0.3 is 0 Å². The smallest absolute Gasteiger partial charge is 0.186 e. The highest BCUT2D eigenvalue weighted by atomic mass is 32.1. The highest BCUT2D eigenvalue weighted by Gasteiger charge is 2.15. The lowest BCUT2D eigenvalue weighted by atomic mass is 10.0. The van der Waals surface area contributed by atoms with Gasteiger partial charge in [-0.3, -0.25) is 5.43 Å². The Hall–Kier alpha value is -1.62. The van der Waals surface area contributed by atoms with E-state index in [9.17, 15) is 0 Å². The van der Waals surface area contributed by atoms with Crippen LogP contribution in [-0.2, 0) is 0 Å². The van der Waals surface area contributed by atoms with Gasteiger partial charge in [-0.05, 0) is 51.0 Å². The van der Waals surface area contributed by atoms with Gasteiger partial charge in [-0.2, -0.15) is 5.10 Å². The van der Waals surface area contributed by atoms with Crippen LogP contribution >= 0.6 is 12.2 Å². The topological polar surface area (TPSA) is 45.7 Å². The zero-order valence-corrected chi connectivity index (χ0v) is 12.1. The summed E-state index contributed by atoms with van der Waals surface area (Å²) in [7, 11) is 0. The van der Waals surface area contributed by atoms with Crippen LogP contribution in [0.5, 0.6) is 5.75 Å². The molecule has 102 valence electrons. The van der Waals surface area contributed by atoms with E-state index in [2.05, 4.69) is 34.9 Å². The van der Waals surface area contributed by atoms with E-state index in [-0.39, 0.29) is 0 Å². The van der Waals surface area contributed by atoms with Gasteiger partial charge in [0.25, 0.3) is 0 Å². The molecule has 1 aromatic carbocycles. The van der Waals surface area contributed by atoms with Crippen molar-refractivity contribution in [3.05, 3.63) is 29.3 Å². The van der Waals surface area contributed by atoms with E-state index in [1.165, 1.54) is 5.56 Å². The summed E-state index contributed by atoms with van der Waals surface area (Å²) in [5.74, 6) is 0.901. The average molecular weight is 277 g/mol. The molecule has 0 fully saturated rings. The van der Waals surface area contributed by atoms with Gasteiger partial charge in [0.15, 0.2) is 5.11 Å². The molecule has 2 N–H and O–H groups in total. The Labute approximate surface area is 119 Å². The molecule has 0 radical (unpaired) electrons. The third-order valence-electron chi connectivity index (χ3n) is 2.89. The molecule has 0 bridgehead atoms. The molecule has 0 aromatic heterocycles. The second-order valence-electron chi connectivity index (χ2n) is 4.48. The number of hydrogen-bond donors (Lipinski definition) is 2. The standard InChI is InChI=1S/C14H19N3OS/c1-3-15-14(19)17-16-12-5-4-8-18-13-7-6-10(2)9-11(12)13/h6-7,9H,3-5,8H2,1-2H3,(H2,15,17,19). The van der Waals surface area contributed by atoms with Crippen molar-refractivity contribution in [1.29, 1.82) is 0 Å². The summed E-state index contributed by atoms with van der Waals surface area (Å²) >= 11 is 5.12. The zero-order chi connectivity index (χ0) is 13.7. The van der Waals surface area contributed by atoms with Crippen molar-refractivity contribution in [2.45, 2.75) is 26.7 Å². The monoisotopic (exact) mass is 277 g/mol. The second-order valence-corrected chi connectivity index (χ2v) is 4.89. The molecular formula is C14H19N3OS. The van der Waals surface area contributed by atoms with Gasteiger partial charge in [-0.15, -0.1) is 0 Å². The number of aryl methyl sites for hydroxylation is 1. The van der Waals surface area contributed by atoms with E-state index in [1.807, 2.05) is 13.0 Å². The summed E-state index contributed by atoms with van der Waals surface area (Å²) in [5, 5.41) is 8.00. The lowest BCUT2D eigenvalue weighted by Crippen LogP contribution is -2.32. The number of rotatable bonds is 2. The third-order valence-corrected chi connectivity index (χ3v) is 3.13. The van der Waals surface area contributed by atoms with Crippen molar-refractivity contribution >= 4 is 23.0 Å². The minimum Gasteiger partial charge on any atom is -0.493 e. The van der Waals surface area contributed by atoms with Gasteiger partial charge in [0.05, 0.1) is 12.3 Å². The Morgan fingerprint density at radius 1 is 1.47 bits per heavy atom. The molecule has 1 heterocycles. The maximum atomic E-state index is 5.73. The molecule has 0 aliphatic carbocycles. The molecule has 19 heavy (non-hydrogen) atoms. The van der Waals surface area contributed by atoms with Crippen molar-refractivity contribution in [3.8, 4) is 5.75 Å². The zero-order valence-electron chi connectivity index (χ0n) is 11.3. The molecule has 1 aromatic rings. The fraction of sp³-hybridized carbons (Fsp3) is 0.429. The molecule has 0 saturated carbocycles. The summed E-state index contributed by atoms with van der Waals surface area (Å²) in [4.78, 5) is 0. The van der Waals surface area contributed by atoms with Crippen molar-refractivity contribution in [3.63, 3.8) is 0 Å². The Morgan fingerprint density at radius 3 is 3.11 bits per heavy atom. The molecule has 5 heteroatoms. The number of hydrogen-bond acceptors (Lipinski definition) is 3. The number of hydrazone groups is 1. The molecule has 0 amide bonds. The van der Waals surface area contributed by atoms with E-state index < -0.39 is 0 Å². The van der Waals surface area contributed by atoms with Gasteiger partial charge in [-0.1, -0.05) is 11.6 Å². The van der Waals surface area contributed by atoms with E-state index >= 15 is 0 Å². The predicted octanol–water partition coefficient (Wildman–Crippen LogP) is 2.36. The van der Waals surface area contributed by atoms with Crippen LogP contribution in [0.25, 0.3) is 0 Å². The first-order valence-electron chi connectivity index (χ1n) is 6.55. The van der Waals surface area contributed by atoms with E-state index in [0.717, 1.165) is 43.0 Å². The van der Waals surface area contributed by atoms with Crippen LogP contribution in [0.4, 0.5) is 0 Å². The second kappa shape index (κ2) is 6.52. The highest BCUT2D eigenvalue weighted by molar-refractivity contribution is 7.80. The molecule has 0 unspecified atom stereocenters. The van der Waals surface area contributed by atoms with Gasteiger partial charge in [-0.25, -0.2) is 0 Å². The molecule has 2 rings (SSSR count). The summed E-state index contributed by atoms with van der Waals surface area (Å²) in [5.41, 5.74) is 6.15. The van der Waals surface area contributed by atoms with Gasteiger partial charge in [0.1, 0.15) is 5.75 Å². The number of fused-ring (bicyclic) bond motifs is 1. The van der Waals surface area contributed by atoms with Crippen LogP contribution < -0.4 is 15.5 Å². The first kappa shape index (κ1) is 13.8. The van der Waals surface area contributed by atoms with Crippen molar-refractivity contribution in [1.82, 2.24) is 10.7 Å². The summed E-state index contributed by atoms with van der Waals surface area (Å²) in [6, 6.07) is 6.17. The van der Waals surface area contributed by atoms with Crippen LogP contribution in [0.15, 0.2) is 23.3 Å². The Morgan fingerprint density at radius 2 is 2.32 bits per heavy atom. The minimum atomic E-state index is 0.550. The van der Waals surface area contributed by atoms with E-state index in [0.29, 0.717) is 5.11 Å². The molecule has 0 saturated heterocycles. The maximum Gasteiger partial charge on any atom is 0.186 e. The third kappa shape index (κ3) is 3.67. The first-order chi connectivity index (χ1) is 9.20. The lowest BCUT2D eigenvalue weighted by Gasteiger charge is -2.10. The predicted molar refractivity (Wildman–Crippen MR) is 81.9 cm³/mol. The number of benzene rings is 1. The quantitative estimate of drug-likeness (QED) is 0.643. The molecule has 0 spiro atoms. The number of thiocarbonyl (C=S) groups is 1. The van der Waals surface area contributed by atoms with Crippen LogP contribution in [0.1, 0.15) is 30.9 Å². The summed E-state index contributed by atoms with van der Waals surface area (Å²) < 4.78 is 5.73. The van der Waals surface area contributed by atoms with E-state index in [1.54, 1.807) is 0 Å². The molecule has 1 aliphatic heterocycles. The molecule has 0 atom stereocenters. The van der Waals surface area contributed by atoms with Crippen LogP contribution in [0, 0.1) is 6.92 Å².